The van der Waals surface area contributed by atoms with Crippen LogP contribution in [0.5, 0.6) is 0 Å². The quantitative estimate of drug-likeness (QED) is 0.768. The van der Waals surface area contributed by atoms with Crippen LogP contribution in [0, 0.1) is 16.7 Å². The topological polar surface area (TPSA) is 98.9 Å². The first-order valence-electron chi connectivity index (χ1n) is 4.87. The largest absolute Gasteiger partial charge is 0.481 e. The number of nitriles is 1. The first kappa shape index (κ1) is 10.4. The first-order chi connectivity index (χ1) is 7.66. The van der Waals surface area contributed by atoms with Gasteiger partial charge in [-0.05, 0) is 18.9 Å². The Morgan fingerprint density at radius 3 is 3.00 bits per heavy atom. The number of aliphatic carboxylic acids is 1. The van der Waals surface area contributed by atoms with Crippen molar-refractivity contribution in [3.05, 3.63) is 18.0 Å². The molecule has 1 saturated carbocycles. The van der Waals surface area contributed by atoms with Gasteiger partial charge in [0.2, 0.25) is 5.95 Å². The van der Waals surface area contributed by atoms with E-state index in [1.54, 1.807) is 0 Å². The number of anilines is 1. The smallest absolute Gasteiger partial charge is 0.311 e. The minimum atomic E-state index is -0.795. The summed E-state index contributed by atoms with van der Waals surface area (Å²) >= 11 is 0. The highest BCUT2D eigenvalue weighted by atomic mass is 16.4. The molecule has 0 amide bonds. The van der Waals surface area contributed by atoms with Gasteiger partial charge in [-0.3, -0.25) is 4.79 Å². The number of rotatable bonds is 4. The molecule has 0 bridgehead atoms. The van der Waals surface area contributed by atoms with E-state index < -0.39 is 11.4 Å². The zero-order valence-electron chi connectivity index (χ0n) is 8.47. The summed E-state index contributed by atoms with van der Waals surface area (Å²) < 4.78 is 0. The summed E-state index contributed by atoms with van der Waals surface area (Å²) in [5.41, 5.74) is -0.399. The van der Waals surface area contributed by atoms with Crippen molar-refractivity contribution in [3.63, 3.8) is 0 Å². The maximum atomic E-state index is 10.9. The molecule has 6 nitrogen and oxygen atoms in total. The molecule has 1 heterocycles. The molecule has 6 heteroatoms. The first-order valence-corrected chi connectivity index (χ1v) is 4.87. The second-order valence-electron chi connectivity index (χ2n) is 3.82. The van der Waals surface area contributed by atoms with Gasteiger partial charge in [0.05, 0.1) is 5.41 Å². The SMILES string of the molecule is N#Cc1ccnc(NCC2(C(=O)O)CC2)n1. The lowest BCUT2D eigenvalue weighted by atomic mass is 10.1. The molecule has 82 valence electrons. The number of carbonyl (C=O) groups is 1. The monoisotopic (exact) mass is 218 g/mol. The molecule has 1 aromatic rings. The third-order valence-corrected chi connectivity index (χ3v) is 2.66. The number of carboxylic acids is 1. The Kier molecular flexibility index (Phi) is 2.44. The third kappa shape index (κ3) is 1.93. The lowest BCUT2D eigenvalue weighted by molar-refractivity contribution is -0.142. The van der Waals surface area contributed by atoms with E-state index in [-0.39, 0.29) is 5.69 Å². The summed E-state index contributed by atoms with van der Waals surface area (Å²) in [7, 11) is 0. The lowest BCUT2D eigenvalue weighted by Gasteiger charge is -2.10. The fourth-order valence-electron chi connectivity index (χ4n) is 1.37. The highest BCUT2D eigenvalue weighted by Gasteiger charge is 2.50. The molecule has 0 saturated heterocycles. The van der Waals surface area contributed by atoms with Gasteiger partial charge in [-0.15, -0.1) is 0 Å². The molecule has 1 aliphatic rings. The molecule has 0 unspecified atom stereocenters. The van der Waals surface area contributed by atoms with Gasteiger partial charge in [0.25, 0.3) is 0 Å². The molecule has 0 aliphatic heterocycles. The van der Waals surface area contributed by atoms with Crippen molar-refractivity contribution in [1.82, 2.24) is 9.97 Å². The molecule has 0 atom stereocenters. The fraction of sp³-hybridized carbons (Fsp3) is 0.400. The molecular formula is C10H10N4O2. The Morgan fingerprint density at radius 1 is 1.69 bits per heavy atom. The molecule has 2 N–H and O–H groups in total. The van der Waals surface area contributed by atoms with E-state index in [0.717, 1.165) is 0 Å². The molecule has 1 aromatic heterocycles. The van der Waals surface area contributed by atoms with Crippen LogP contribution in [0.25, 0.3) is 0 Å². The van der Waals surface area contributed by atoms with Crippen LogP contribution in [-0.4, -0.2) is 27.6 Å². The Morgan fingerprint density at radius 2 is 2.44 bits per heavy atom. The van der Waals surface area contributed by atoms with Crippen LogP contribution >= 0.6 is 0 Å². The van der Waals surface area contributed by atoms with Gasteiger partial charge in [-0.1, -0.05) is 0 Å². The Labute approximate surface area is 92.0 Å². The van der Waals surface area contributed by atoms with Gasteiger partial charge in [0.15, 0.2) is 0 Å². The maximum absolute atomic E-state index is 10.9. The average Bonchev–Trinajstić information content (AvgIpc) is 3.08. The third-order valence-electron chi connectivity index (χ3n) is 2.66. The van der Waals surface area contributed by atoms with Crippen LogP contribution in [0.1, 0.15) is 18.5 Å². The summed E-state index contributed by atoms with van der Waals surface area (Å²) in [4.78, 5) is 18.7. The van der Waals surface area contributed by atoms with E-state index in [1.807, 2.05) is 6.07 Å². The van der Waals surface area contributed by atoms with Crippen LogP contribution in [-0.2, 0) is 4.79 Å². The number of hydrogen-bond donors (Lipinski definition) is 2. The molecule has 0 radical (unpaired) electrons. The minimum absolute atomic E-state index is 0.262. The summed E-state index contributed by atoms with van der Waals surface area (Å²) in [6.45, 7) is 0.303. The number of hydrogen-bond acceptors (Lipinski definition) is 5. The predicted octanol–water partition coefficient (Wildman–Crippen LogP) is 0.625. The number of nitrogens with one attached hydrogen (secondary N) is 1. The van der Waals surface area contributed by atoms with Crippen molar-refractivity contribution in [3.8, 4) is 6.07 Å². The number of nitrogens with zero attached hydrogens (tertiary/aromatic N) is 3. The average molecular weight is 218 g/mol. The van der Waals surface area contributed by atoms with Crippen LogP contribution in [0.3, 0.4) is 0 Å². The Bertz CT molecular complexity index is 462. The van der Waals surface area contributed by atoms with Gasteiger partial charge >= 0.3 is 5.97 Å². The molecule has 0 spiro atoms. The van der Waals surface area contributed by atoms with E-state index in [1.165, 1.54) is 12.3 Å². The van der Waals surface area contributed by atoms with Gasteiger partial charge in [-0.25, -0.2) is 9.97 Å². The fourth-order valence-corrected chi connectivity index (χ4v) is 1.37. The molecule has 2 rings (SSSR count). The van der Waals surface area contributed by atoms with Crippen LogP contribution in [0.2, 0.25) is 0 Å². The van der Waals surface area contributed by atoms with E-state index >= 15 is 0 Å². The molecule has 16 heavy (non-hydrogen) atoms. The molecular weight excluding hydrogens is 208 g/mol. The Balaban J connectivity index is 2.00. The summed E-state index contributed by atoms with van der Waals surface area (Å²) in [6.07, 6.45) is 2.81. The van der Waals surface area contributed by atoms with E-state index in [2.05, 4.69) is 15.3 Å². The molecule has 1 aliphatic carbocycles. The number of aromatic nitrogens is 2. The predicted molar refractivity (Wildman–Crippen MR) is 54.5 cm³/mol. The lowest BCUT2D eigenvalue weighted by Crippen LogP contribution is -2.25. The van der Waals surface area contributed by atoms with E-state index in [4.69, 9.17) is 10.4 Å². The zero-order chi connectivity index (χ0) is 11.6. The van der Waals surface area contributed by atoms with Crippen molar-refractivity contribution in [2.24, 2.45) is 5.41 Å². The van der Waals surface area contributed by atoms with Crippen molar-refractivity contribution in [2.75, 3.05) is 11.9 Å². The maximum Gasteiger partial charge on any atom is 0.311 e. The van der Waals surface area contributed by atoms with Gasteiger partial charge in [0.1, 0.15) is 11.8 Å². The highest BCUT2D eigenvalue weighted by Crippen LogP contribution is 2.45. The highest BCUT2D eigenvalue weighted by molar-refractivity contribution is 5.78. The van der Waals surface area contributed by atoms with Crippen LogP contribution in [0.4, 0.5) is 5.95 Å². The number of carboxylic acid groups (broad SMARTS) is 1. The van der Waals surface area contributed by atoms with Gasteiger partial charge in [0, 0.05) is 12.7 Å². The zero-order valence-corrected chi connectivity index (χ0v) is 8.47. The summed E-state index contributed by atoms with van der Waals surface area (Å²) in [5.74, 6) is -0.497. The van der Waals surface area contributed by atoms with Crippen molar-refractivity contribution in [2.45, 2.75) is 12.8 Å². The Hall–Kier alpha value is -2.16. The van der Waals surface area contributed by atoms with Crippen molar-refractivity contribution < 1.29 is 9.90 Å². The minimum Gasteiger partial charge on any atom is -0.481 e. The van der Waals surface area contributed by atoms with Crippen molar-refractivity contribution >= 4 is 11.9 Å². The second-order valence-corrected chi connectivity index (χ2v) is 3.82. The van der Waals surface area contributed by atoms with Crippen LogP contribution < -0.4 is 5.32 Å². The standard InChI is InChI=1S/C10H10N4O2/c11-5-7-1-4-12-9(14-7)13-6-10(2-3-10)8(15)16/h1,4H,2-3,6H2,(H,15,16)(H,12,13,14). The summed E-state index contributed by atoms with van der Waals surface area (Å²) in [5, 5.41) is 20.4. The van der Waals surface area contributed by atoms with Crippen LogP contribution in [0.15, 0.2) is 12.3 Å². The van der Waals surface area contributed by atoms with Crippen molar-refractivity contribution in [1.29, 1.82) is 5.26 Å². The van der Waals surface area contributed by atoms with E-state index in [9.17, 15) is 4.79 Å². The molecule has 1 fully saturated rings. The normalized spacial score (nSPS) is 16.2. The summed E-state index contributed by atoms with van der Waals surface area (Å²) in [6, 6.07) is 3.39. The molecule has 0 aromatic carbocycles. The van der Waals surface area contributed by atoms with Gasteiger partial charge < -0.3 is 10.4 Å². The van der Waals surface area contributed by atoms with Gasteiger partial charge in [-0.2, -0.15) is 5.26 Å². The second kappa shape index (κ2) is 3.77. The van der Waals surface area contributed by atoms with E-state index in [0.29, 0.717) is 25.3 Å².